The number of aromatic nitrogens is 2. The van der Waals surface area contributed by atoms with E-state index in [0.717, 1.165) is 43.5 Å². The second kappa shape index (κ2) is 7.98. The van der Waals surface area contributed by atoms with Gasteiger partial charge in [0, 0.05) is 27.5 Å². The van der Waals surface area contributed by atoms with Gasteiger partial charge in [0.1, 0.15) is 5.75 Å². The van der Waals surface area contributed by atoms with Gasteiger partial charge in [0.15, 0.2) is 10.8 Å². The molecule has 4 rings (SSSR count). The smallest absolute Gasteiger partial charge is 0.185 e. The summed E-state index contributed by atoms with van der Waals surface area (Å²) in [5.74, 6) is 1.34. The van der Waals surface area contributed by atoms with Gasteiger partial charge in [0.2, 0.25) is 0 Å². The van der Waals surface area contributed by atoms with E-state index < -0.39 is 0 Å². The molecule has 3 aromatic rings. The number of nitrogens with zero attached hydrogens (tertiary/aromatic N) is 4. The van der Waals surface area contributed by atoms with Crippen molar-refractivity contribution in [2.45, 2.75) is 13.0 Å². The molecule has 0 bridgehead atoms. The SMILES string of the molecule is NC=NC(=NCc1ccccn1)c1nc2c(s1)CCOc1cc(Br)ccc1-2. The van der Waals surface area contributed by atoms with Crippen molar-refractivity contribution in [3.63, 3.8) is 0 Å². The maximum absolute atomic E-state index is 5.87. The van der Waals surface area contributed by atoms with Crippen molar-refractivity contribution in [2.75, 3.05) is 6.61 Å². The Morgan fingerprint density at radius 1 is 1.33 bits per heavy atom. The lowest BCUT2D eigenvalue weighted by Gasteiger charge is -2.06. The molecule has 2 N–H and O–H groups in total. The molecule has 0 aliphatic carbocycles. The van der Waals surface area contributed by atoms with E-state index in [-0.39, 0.29) is 0 Å². The highest BCUT2D eigenvalue weighted by Gasteiger charge is 2.22. The largest absolute Gasteiger partial charge is 0.492 e. The second-order valence-electron chi connectivity index (χ2n) is 5.77. The van der Waals surface area contributed by atoms with Gasteiger partial charge in [-0.2, -0.15) is 0 Å². The first-order chi connectivity index (χ1) is 13.2. The zero-order valence-electron chi connectivity index (χ0n) is 14.3. The van der Waals surface area contributed by atoms with E-state index in [1.165, 1.54) is 6.34 Å². The third-order valence-corrected chi connectivity index (χ3v) is 5.59. The fourth-order valence-electron chi connectivity index (χ4n) is 2.77. The van der Waals surface area contributed by atoms with Crippen molar-refractivity contribution in [3.05, 3.63) is 62.6 Å². The lowest BCUT2D eigenvalue weighted by Crippen LogP contribution is -2.02. The van der Waals surface area contributed by atoms with Crippen molar-refractivity contribution in [1.82, 2.24) is 9.97 Å². The van der Waals surface area contributed by atoms with Crippen LogP contribution in [0.4, 0.5) is 0 Å². The Balaban J connectivity index is 1.72. The number of rotatable bonds is 3. The van der Waals surface area contributed by atoms with E-state index in [9.17, 15) is 0 Å². The van der Waals surface area contributed by atoms with Gasteiger partial charge in [0.05, 0.1) is 30.9 Å². The van der Waals surface area contributed by atoms with Crippen LogP contribution in [0.25, 0.3) is 11.3 Å². The molecule has 0 spiro atoms. The summed E-state index contributed by atoms with van der Waals surface area (Å²) in [4.78, 5) is 19.1. The Morgan fingerprint density at radius 2 is 2.26 bits per heavy atom. The van der Waals surface area contributed by atoms with Gasteiger partial charge in [-0.25, -0.2) is 9.98 Å². The van der Waals surface area contributed by atoms with Crippen LogP contribution in [0.3, 0.4) is 0 Å². The van der Waals surface area contributed by atoms with Crippen LogP contribution in [-0.4, -0.2) is 28.7 Å². The maximum atomic E-state index is 5.87. The van der Waals surface area contributed by atoms with Gasteiger partial charge in [0.25, 0.3) is 0 Å². The van der Waals surface area contributed by atoms with Crippen molar-refractivity contribution in [1.29, 1.82) is 0 Å². The molecule has 0 saturated carbocycles. The average Bonchev–Trinajstić information content (AvgIpc) is 3.02. The second-order valence-corrected chi connectivity index (χ2v) is 7.77. The molecule has 3 heterocycles. The summed E-state index contributed by atoms with van der Waals surface area (Å²) in [6.07, 6.45) is 3.79. The first-order valence-electron chi connectivity index (χ1n) is 8.36. The molecule has 136 valence electrons. The quantitative estimate of drug-likeness (QED) is 0.494. The van der Waals surface area contributed by atoms with Gasteiger partial charge in [-0.3, -0.25) is 9.98 Å². The van der Waals surface area contributed by atoms with Crippen LogP contribution in [0.5, 0.6) is 5.75 Å². The van der Waals surface area contributed by atoms with Crippen LogP contribution in [0, 0.1) is 0 Å². The van der Waals surface area contributed by atoms with Crippen molar-refractivity contribution < 1.29 is 4.74 Å². The Morgan fingerprint density at radius 3 is 3.07 bits per heavy atom. The summed E-state index contributed by atoms with van der Waals surface area (Å²) in [5, 5.41) is 0.744. The molecule has 1 aliphatic heterocycles. The van der Waals surface area contributed by atoms with E-state index in [4.69, 9.17) is 15.5 Å². The number of hydrogen-bond donors (Lipinski definition) is 1. The number of benzene rings is 1. The van der Waals surface area contributed by atoms with Gasteiger partial charge in [-0.05, 0) is 30.3 Å². The molecule has 1 aliphatic rings. The number of thiazole rings is 1. The lowest BCUT2D eigenvalue weighted by molar-refractivity contribution is 0.327. The molecule has 0 saturated heterocycles. The summed E-state index contributed by atoms with van der Waals surface area (Å²) in [7, 11) is 0. The number of ether oxygens (including phenoxy) is 1. The monoisotopic (exact) mass is 441 g/mol. The fraction of sp³-hybridized carbons (Fsp3) is 0.158. The topological polar surface area (TPSA) is 85.8 Å². The number of halogens is 1. The van der Waals surface area contributed by atoms with E-state index in [0.29, 0.717) is 19.0 Å². The van der Waals surface area contributed by atoms with Crippen LogP contribution in [-0.2, 0) is 13.0 Å². The fourth-order valence-corrected chi connectivity index (χ4v) is 4.13. The number of nitrogens with two attached hydrogens (primary N) is 1. The van der Waals surface area contributed by atoms with E-state index in [1.807, 2.05) is 36.4 Å². The Labute approximate surface area is 169 Å². The van der Waals surface area contributed by atoms with E-state index >= 15 is 0 Å². The predicted molar refractivity (Wildman–Crippen MR) is 112 cm³/mol. The third-order valence-electron chi connectivity index (χ3n) is 3.99. The van der Waals surface area contributed by atoms with Gasteiger partial charge < -0.3 is 10.5 Å². The summed E-state index contributed by atoms with van der Waals surface area (Å²) in [6.45, 7) is 1.03. The number of fused-ring (bicyclic) bond motifs is 3. The Kier molecular flexibility index (Phi) is 5.26. The molecule has 0 fully saturated rings. The van der Waals surface area contributed by atoms with Gasteiger partial charge in [-0.1, -0.05) is 22.0 Å². The molecular formula is C19H16BrN5OS. The minimum atomic E-state index is 0.421. The summed E-state index contributed by atoms with van der Waals surface area (Å²) < 4.78 is 6.85. The first kappa shape index (κ1) is 17.8. The molecule has 8 heteroatoms. The lowest BCUT2D eigenvalue weighted by atomic mass is 10.1. The molecule has 0 radical (unpaired) electrons. The van der Waals surface area contributed by atoms with E-state index in [1.54, 1.807) is 17.5 Å². The third kappa shape index (κ3) is 3.91. The molecule has 2 aromatic heterocycles. The van der Waals surface area contributed by atoms with Crippen molar-refractivity contribution in [2.24, 2.45) is 15.7 Å². The molecule has 0 unspecified atom stereocenters. The highest BCUT2D eigenvalue weighted by molar-refractivity contribution is 9.10. The molecule has 0 amide bonds. The minimum absolute atomic E-state index is 0.421. The highest BCUT2D eigenvalue weighted by atomic mass is 79.9. The van der Waals surface area contributed by atoms with Gasteiger partial charge >= 0.3 is 0 Å². The zero-order chi connectivity index (χ0) is 18.6. The van der Waals surface area contributed by atoms with Crippen LogP contribution in [0.2, 0.25) is 0 Å². The first-order valence-corrected chi connectivity index (χ1v) is 9.97. The summed E-state index contributed by atoms with van der Waals surface area (Å²) in [5.41, 5.74) is 8.31. The molecule has 1 aromatic carbocycles. The highest BCUT2D eigenvalue weighted by Crippen LogP contribution is 2.39. The number of aliphatic imine (C=N–C) groups is 2. The zero-order valence-corrected chi connectivity index (χ0v) is 16.7. The van der Waals surface area contributed by atoms with Crippen molar-refractivity contribution >= 4 is 39.4 Å². The number of hydrogen-bond acceptors (Lipinski definition) is 5. The average molecular weight is 442 g/mol. The van der Waals surface area contributed by atoms with Crippen LogP contribution in [0.15, 0.2) is 57.1 Å². The van der Waals surface area contributed by atoms with Crippen LogP contribution >= 0.6 is 27.3 Å². The predicted octanol–water partition coefficient (Wildman–Crippen LogP) is 3.84. The number of amidine groups is 1. The van der Waals surface area contributed by atoms with Crippen LogP contribution < -0.4 is 10.5 Å². The maximum Gasteiger partial charge on any atom is 0.185 e. The summed E-state index contributed by atoms with van der Waals surface area (Å²) >= 11 is 5.07. The minimum Gasteiger partial charge on any atom is -0.492 e. The van der Waals surface area contributed by atoms with Gasteiger partial charge in [-0.15, -0.1) is 11.3 Å². The Hall–Kier alpha value is -2.58. The molecule has 27 heavy (non-hydrogen) atoms. The number of pyridine rings is 1. The molecule has 0 atom stereocenters. The summed E-state index contributed by atoms with van der Waals surface area (Å²) in [6, 6.07) is 11.7. The molecule has 6 nitrogen and oxygen atoms in total. The van der Waals surface area contributed by atoms with Crippen molar-refractivity contribution in [3.8, 4) is 17.0 Å². The molecular weight excluding hydrogens is 426 g/mol. The standard InChI is InChI=1S/C19H16BrN5OS/c20-12-4-5-14-15(9-12)26-8-6-16-17(14)25-19(27-16)18(24-11-21)23-10-13-3-1-2-7-22-13/h1-5,7,9,11H,6,8,10H2,(H2,21,23,24). The van der Waals surface area contributed by atoms with E-state index in [2.05, 4.69) is 30.9 Å². The Bertz CT molecular complexity index is 1020. The normalized spacial score (nSPS) is 13.7. The van der Waals surface area contributed by atoms with Crippen LogP contribution in [0.1, 0.15) is 15.6 Å².